The van der Waals surface area contributed by atoms with Crippen molar-refractivity contribution in [1.29, 1.82) is 0 Å². The highest BCUT2D eigenvalue weighted by Gasteiger charge is 2.20. The van der Waals surface area contributed by atoms with E-state index in [9.17, 15) is 0 Å². The van der Waals surface area contributed by atoms with E-state index in [0.717, 1.165) is 25.0 Å². The highest BCUT2D eigenvalue weighted by molar-refractivity contribution is 5.57. The van der Waals surface area contributed by atoms with E-state index < -0.39 is 0 Å². The van der Waals surface area contributed by atoms with Crippen LogP contribution in [0.2, 0.25) is 0 Å². The molecule has 3 rings (SSSR count). The molecule has 0 spiro atoms. The van der Waals surface area contributed by atoms with E-state index in [-0.39, 0.29) is 6.79 Å². The van der Waals surface area contributed by atoms with Crippen LogP contribution < -0.4 is 33.2 Å². The number of methoxy groups -OCH3 is 3. The quantitative estimate of drug-likeness (QED) is 0.536. The summed E-state index contributed by atoms with van der Waals surface area (Å²) in [7, 11) is 4.83. The molecule has 2 aromatic rings. The van der Waals surface area contributed by atoms with Gasteiger partial charge in [-0.15, -0.1) is 0 Å². The Labute approximate surface area is 165 Å². The van der Waals surface area contributed by atoms with Crippen molar-refractivity contribution in [2.24, 2.45) is 0 Å². The molecule has 7 nitrogen and oxygen atoms in total. The second-order valence-corrected chi connectivity index (χ2v) is 6.17. The van der Waals surface area contributed by atoms with Crippen molar-refractivity contribution in [3.05, 3.63) is 30.3 Å². The highest BCUT2D eigenvalue weighted by atomic mass is 16.7. The van der Waals surface area contributed by atoms with Crippen LogP contribution in [-0.2, 0) is 0 Å². The molecule has 0 aliphatic carbocycles. The van der Waals surface area contributed by atoms with E-state index in [1.165, 1.54) is 0 Å². The molecular weight excluding hydrogens is 364 g/mol. The third-order valence-electron chi connectivity index (χ3n) is 4.28. The zero-order valence-electron chi connectivity index (χ0n) is 16.5. The van der Waals surface area contributed by atoms with Crippen molar-refractivity contribution in [3.8, 4) is 40.2 Å². The number of benzene rings is 2. The van der Waals surface area contributed by atoms with E-state index >= 15 is 0 Å². The fourth-order valence-electron chi connectivity index (χ4n) is 2.81. The molecular formula is C21H26O7. The van der Waals surface area contributed by atoms with Gasteiger partial charge >= 0.3 is 0 Å². The van der Waals surface area contributed by atoms with Crippen molar-refractivity contribution in [3.63, 3.8) is 0 Å². The van der Waals surface area contributed by atoms with Gasteiger partial charge in [-0.2, -0.15) is 0 Å². The summed E-state index contributed by atoms with van der Waals surface area (Å²) in [4.78, 5) is 0. The average Bonchev–Trinajstić information content (AvgIpc) is 3.20. The molecule has 0 N–H and O–H groups in total. The van der Waals surface area contributed by atoms with E-state index in [2.05, 4.69) is 0 Å². The summed E-state index contributed by atoms with van der Waals surface area (Å²) in [5.74, 6) is 4.76. The van der Waals surface area contributed by atoms with Crippen molar-refractivity contribution in [1.82, 2.24) is 0 Å². The minimum Gasteiger partial charge on any atom is -0.496 e. The standard InChI is InChI=1S/C21H26O7/c1-22-15-9-16(23-2)11-17(10-15)25-7-5-4-6-8-26-18-12-19(24-3)21-20(13-18)27-14-28-21/h9-13H,4-8,14H2,1-3H3. The molecule has 0 aromatic heterocycles. The number of fused-ring (bicyclic) bond motifs is 1. The maximum atomic E-state index is 5.81. The van der Waals surface area contributed by atoms with Crippen LogP contribution >= 0.6 is 0 Å². The molecule has 1 aliphatic heterocycles. The van der Waals surface area contributed by atoms with Crippen molar-refractivity contribution in [2.75, 3.05) is 41.3 Å². The zero-order chi connectivity index (χ0) is 19.8. The van der Waals surface area contributed by atoms with Crippen molar-refractivity contribution in [2.45, 2.75) is 19.3 Å². The van der Waals surface area contributed by atoms with Crippen molar-refractivity contribution >= 4 is 0 Å². The number of hydrogen-bond acceptors (Lipinski definition) is 7. The second-order valence-electron chi connectivity index (χ2n) is 6.17. The Morgan fingerprint density at radius 1 is 0.679 bits per heavy atom. The van der Waals surface area contributed by atoms with Gasteiger partial charge < -0.3 is 33.2 Å². The molecule has 0 saturated heterocycles. The molecule has 0 radical (unpaired) electrons. The first-order valence-corrected chi connectivity index (χ1v) is 9.20. The van der Waals surface area contributed by atoms with Gasteiger partial charge in [0.25, 0.3) is 0 Å². The number of unbranched alkanes of at least 4 members (excludes halogenated alkanes) is 2. The smallest absolute Gasteiger partial charge is 0.231 e. The Balaban J connectivity index is 1.37. The lowest BCUT2D eigenvalue weighted by Crippen LogP contribution is -2.01. The maximum absolute atomic E-state index is 5.81. The molecule has 0 amide bonds. The van der Waals surface area contributed by atoms with Crippen LogP contribution in [0, 0.1) is 0 Å². The predicted octanol–water partition coefficient (Wildman–Crippen LogP) is 4.07. The fraction of sp³-hybridized carbons (Fsp3) is 0.429. The van der Waals surface area contributed by atoms with Crippen LogP contribution in [0.3, 0.4) is 0 Å². The Morgan fingerprint density at radius 3 is 1.89 bits per heavy atom. The lowest BCUT2D eigenvalue weighted by molar-refractivity contribution is 0.171. The van der Waals surface area contributed by atoms with Gasteiger partial charge in [0.15, 0.2) is 11.5 Å². The van der Waals surface area contributed by atoms with Gasteiger partial charge in [-0.25, -0.2) is 0 Å². The Kier molecular flexibility index (Phi) is 6.94. The molecule has 1 heterocycles. The summed E-state index contributed by atoms with van der Waals surface area (Å²) in [5.41, 5.74) is 0. The highest BCUT2D eigenvalue weighted by Crippen LogP contribution is 2.44. The molecule has 0 saturated carbocycles. The average molecular weight is 390 g/mol. The number of ether oxygens (including phenoxy) is 7. The SMILES string of the molecule is COc1cc(OC)cc(OCCCCCOc2cc(OC)c3c(c2)OCO3)c1. The fourth-order valence-corrected chi connectivity index (χ4v) is 2.81. The van der Waals surface area contributed by atoms with E-state index in [0.29, 0.717) is 47.7 Å². The largest absolute Gasteiger partial charge is 0.496 e. The summed E-state index contributed by atoms with van der Waals surface area (Å²) >= 11 is 0. The Morgan fingerprint density at radius 2 is 1.29 bits per heavy atom. The normalized spacial score (nSPS) is 11.8. The van der Waals surface area contributed by atoms with Gasteiger partial charge in [0, 0.05) is 30.3 Å². The first kappa shape index (κ1) is 19.8. The van der Waals surface area contributed by atoms with Gasteiger partial charge in [0.1, 0.15) is 23.0 Å². The topological polar surface area (TPSA) is 64.6 Å². The first-order valence-electron chi connectivity index (χ1n) is 9.20. The van der Waals surface area contributed by atoms with Gasteiger partial charge in [-0.3, -0.25) is 0 Å². The van der Waals surface area contributed by atoms with Gasteiger partial charge in [-0.1, -0.05) is 0 Å². The van der Waals surface area contributed by atoms with Gasteiger partial charge in [-0.05, 0) is 19.3 Å². The van der Waals surface area contributed by atoms with Crippen LogP contribution in [-0.4, -0.2) is 41.3 Å². The predicted molar refractivity (Wildman–Crippen MR) is 104 cm³/mol. The lowest BCUT2D eigenvalue weighted by atomic mass is 10.2. The summed E-state index contributed by atoms with van der Waals surface area (Å²) in [6, 6.07) is 9.14. The van der Waals surface area contributed by atoms with Crippen LogP contribution in [0.5, 0.6) is 40.2 Å². The summed E-state index contributed by atoms with van der Waals surface area (Å²) in [6.07, 6.45) is 2.83. The van der Waals surface area contributed by atoms with Crippen LogP contribution in [0.4, 0.5) is 0 Å². The summed E-state index contributed by atoms with van der Waals surface area (Å²) in [5, 5.41) is 0. The molecule has 0 fully saturated rings. The first-order chi connectivity index (χ1) is 13.7. The lowest BCUT2D eigenvalue weighted by Gasteiger charge is -2.11. The second kappa shape index (κ2) is 9.82. The van der Waals surface area contributed by atoms with Crippen LogP contribution in [0.15, 0.2) is 30.3 Å². The molecule has 0 unspecified atom stereocenters. The van der Waals surface area contributed by atoms with Gasteiger partial charge in [0.2, 0.25) is 12.5 Å². The minimum absolute atomic E-state index is 0.203. The van der Waals surface area contributed by atoms with Gasteiger partial charge in [0.05, 0.1) is 34.5 Å². The summed E-state index contributed by atoms with van der Waals surface area (Å²) in [6.45, 7) is 1.43. The number of hydrogen-bond donors (Lipinski definition) is 0. The Bertz CT molecular complexity index is 753. The molecule has 0 atom stereocenters. The zero-order valence-corrected chi connectivity index (χ0v) is 16.5. The van der Waals surface area contributed by atoms with E-state index in [4.69, 9.17) is 33.2 Å². The van der Waals surface area contributed by atoms with Crippen molar-refractivity contribution < 1.29 is 33.2 Å². The van der Waals surface area contributed by atoms with Crippen LogP contribution in [0.25, 0.3) is 0 Å². The molecule has 7 heteroatoms. The molecule has 0 bridgehead atoms. The molecule has 1 aliphatic rings. The number of rotatable bonds is 11. The van der Waals surface area contributed by atoms with E-state index in [1.807, 2.05) is 30.3 Å². The summed E-state index contributed by atoms with van der Waals surface area (Å²) < 4.78 is 38.2. The molecule has 152 valence electrons. The molecule has 28 heavy (non-hydrogen) atoms. The third kappa shape index (κ3) is 5.06. The maximum Gasteiger partial charge on any atom is 0.231 e. The third-order valence-corrected chi connectivity index (χ3v) is 4.28. The van der Waals surface area contributed by atoms with Crippen LogP contribution in [0.1, 0.15) is 19.3 Å². The minimum atomic E-state index is 0.203. The van der Waals surface area contributed by atoms with E-state index in [1.54, 1.807) is 21.3 Å². The monoisotopic (exact) mass is 390 g/mol. The Hall–Kier alpha value is -2.96. The molecule has 2 aromatic carbocycles.